The number of carbonyl (C=O) groups is 2. The van der Waals surface area contributed by atoms with Gasteiger partial charge >= 0.3 is 0 Å². The molecule has 13 heavy (non-hydrogen) atoms. The van der Waals surface area contributed by atoms with Gasteiger partial charge in [0.25, 0.3) is 0 Å². The third kappa shape index (κ3) is 2.15. The summed E-state index contributed by atoms with van der Waals surface area (Å²) in [5.74, 6) is -0.0237. The summed E-state index contributed by atoms with van der Waals surface area (Å²) in [5.41, 5.74) is 7.47. The van der Waals surface area contributed by atoms with Crippen LogP contribution in [0.3, 0.4) is 0 Å². The van der Waals surface area contributed by atoms with Crippen molar-refractivity contribution >= 4 is 17.8 Å². The third-order valence-electron chi connectivity index (χ3n) is 1.86. The van der Waals surface area contributed by atoms with E-state index in [4.69, 9.17) is 5.73 Å². The smallest absolute Gasteiger partial charge is 0.159 e. The van der Waals surface area contributed by atoms with E-state index in [2.05, 4.69) is 0 Å². The van der Waals surface area contributed by atoms with E-state index in [-0.39, 0.29) is 5.78 Å². The summed E-state index contributed by atoms with van der Waals surface area (Å²) >= 11 is 0. The summed E-state index contributed by atoms with van der Waals surface area (Å²) in [6.07, 6.45) is 1.09. The number of hydrogen-bond acceptors (Lipinski definition) is 3. The number of hydrogen-bond donors (Lipinski definition) is 1. The van der Waals surface area contributed by atoms with Crippen LogP contribution < -0.4 is 5.73 Å². The van der Waals surface area contributed by atoms with Crippen LogP contribution in [0, 0.1) is 0 Å². The Labute approximate surface area is 76.6 Å². The summed E-state index contributed by atoms with van der Waals surface area (Å²) in [5, 5.41) is 0. The van der Waals surface area contributed by atoms with Crippen LogP contribution in [-0.2, 0) is 11.2 Å². The Bertz CT molecular complexity index is 345. The first-order valence-corrected chi connectivity index (χ1v) is 3.98. The molecule has 1 aromatic carbocycles. The summed E-state index contributed by atoms with van der Waals surface area (Å²) < 4.78 is 0. The van der Waals surface area contributed by atoms with E-state index in [0.29, 0.717) is 17.7 Å². The molecule has 0 unspecified atom stereocenters. The molecule has 0 aliphatic rings. The molecule has 68 valence electrons. The number of nitrogens with two attached hydrogens (primary N) is 1. The minimum atomic E-state index is -0.0237. The standard InChI is InChI=1S/C10H11NO2/c1-7(13)9-3-2-8(4-5-12)10(11)6-9/h2-3,5-6H,4,11H2,1H3. The molecule has 0 fully saturated rings. The minimum absolute atomic E-state index is 0.0237. The van der Waals surface area contributed by atoms with E-state index in [0.717, 1.165) is 11.8 Å². The summed E-state index contributed by atoms with van der Waals surface area (Å²) in [6.45, 7) is 1.48. The summed E-state index contributed by atoms with van der Waals surface area (Å²) in [4.78, 5) is 21.2. The molecule has 0 aliphatic heterocycles. The molecule has 0 amide bonds. The van der Waals surface area contributed by atoms with Gasteiger partial charge in [-0.3, -0.25) is 4.79 Å². The first-order chi connectivity index (χ1) is 6.15. The first-order valence-electron chi connectivity index (χ1n) is 3.98. The van der Waals surface area contributed by atoms with Gasteiger partial charge in [-0.25, -0.2) is 0 Å². The van der Waals surface area contributed by atoms with E-state index in [1.165, 1.54) is 6.92 Å². The van der Waals surface area contributed by atoms with E-state index in [1.807, 2.05) is 0 Å². The second kappa shape index (κ2) is 3.85. The van der Waals surface area contributed by atoms with Crippen LogP contribution in [0.2, 0.25) is 0 Å². The fraction of sp³-hybridized carbons (Fsp3) is 0.200. The van der Waals surface area contributed by atoms with Crippen molar-refractivity contribution in [2.75, 3.05) is 5.73 Å². The first kappa shape index (κ1) is 9.45. The quantitative estimate of drug-likeness (QED) is 0.429. The highest BCUT2D eigenvalue weighted by Crippen LogP contribution is 2.14. The Kier molecular flexibility index (Phi) is 2.80. The Hall–Kier alpha value is -1.64. The molecular formula is C10H11NO2. The van der Waals surface area contributed by atoms with Gasteiger partial charge in [0.15, 0.2) is 5.78 Å². The molecule has 0 atom stereocenters. The van der Waals surface area contributed by atoms with Gasteiger partial charge in [-0.15, -0.1) is 0 Å². The molecule has 2 N–H and O–H groups in total. The fourth-order valence-corrected chi connectivity index (χ4v) is 1.09. The lowest BCUT2D eigenvalue weighted by Gasteiger charge is -2.03. The second-order valence-electron chi connectivity index (χ2n) is 2.84. The lowest BCUT2D eigenvalue weighted by Crippen LogP contribution is -1.99. The zero-order valence-corrected chi connectivity index (χ0v) is 7.41. The molecule has 0 bridgehead atoms. The SMILES string of the molecule is CC(=O)c1ccc(CC=O)c(N)c1. The molecule has 1 aromatic rings. The number of Topliss-reactive ketones (excluding diaryl/α,β-unsaturated/α-hetero) is 1. The second-order valence-corrected chi connectivity index (χ2v) is 2.84. The average Bonchev–Trinajstić information content (AvgIpc) is 2.08. The molecule has 0 aliphatic carbocycles. The summed E-state index contributed by atoms with van der Waals surface area (Å²) in [6, 6.07) is 4.99. The zero-order valence-electron chi connectivity index (χ0n) is 7.41. The molecule has 1 rings (SSSR count). The van der Waals surface area contributed by atoms with Crippen molar-refractivity contribution in [1.29, 1.82) is 0 Å². The predicted octanol–water partition coefficient (Wildman–Crippen LogP) is 1.21. The van der Waals surface area contributed by atoms with Crippen LogP contribution in [0.4, 0.5) is 5.69 Å². The van der Waals surface area contributed by atoms with E-state index < -0.39 is 0 Å². The van der Waals surface area contributed by atoms with Crippen LogP contribution in [0.5, 0.6) is 0 Å². The van der Waals surface area contributed by atoms with Gasteiger partial charge in [-0.1, -0.05) is 12.1 Å². The van der Waals surface area contributed by atoms with Gasteiger partial charge in [0.1, 0.15) is 6.29 Å². The number of rotatable bonds is 3. The van der Waals surface area contributed by atoms with Crippen molar-refractivity contribution in [3.63, 3.8) is 0 Å². The maximum Gasteiger partial charge on any atom is 0.159 e. The normalized spacial score (nSPS) is 9.62. The highest BCUT2D eigenvalue weighted by molar-refractivity contribution is 5.95. The lowest BCUT2D eigenvalue weighted by atomic mass is 10.1. The van der Waals surface area contributed by atoms with Crippen molar-refractivity contribution in [1.82, 2.24) is 0 Å². The molecule has 0 radical (unpaired) electrons. The maximum absolute atomic E-state index is 10.9. The Morgan fingerprint density at radius 3 is 2.69 bits per heavy atom. The number of ketones is 1. The van der Waals surface area contributed by atoms with E-state index in [9.17, 15) is 9.59 Å². The van der Waals surface area contributed by atoms with E-state index >= 15 is 0 Å². The monoisotopic (exact) mass is 177 g/mol. The molecule has 0 spiro atoms. The predicted molar refractivity (Wildman–Crippen MR) is 50.6 cm³/mol. The third-order valence-corrected chi connectivity index (χ3v) is 1.86. The number of nitrogen functional groups attached to an aromatic ring is 1. The van der Waals surface area contributed by atoms with Crippen LogP contribution >= 0.6 is 0 Å². The van der Waals surface area contributed by atoms with Crippen molar-refractivity contribution < 1.29 is 9.59 Å². The molecule has 0 aromatic heterocycles. The number of carbonyl (C=O) groups excluding carboxylic acids is 2. The largest absolute Gasteiger partial charge is 0.398 e. The van der Waals surface area contributed by atoms with E-state index in [1.54, 1.807) is 18.2 Å². The van der Waals surface area contributed by atoms with Crippen LogP contribution in [0.1, 0.15) is 22.8 Å². The van der Waals surface area contributed by atoms with Crippen molar-refractivity contribution in [2.45, 2.75) is 13.3 Å². The van der Waals surface area contributed by atoms with Gasteiger partial charge in [0.05, 0.1) is 0 Å². The van der Waals surface area contributed by atoms with Gasteiger partial charge in [-0.05, 0) is 18.6 Å². The maximum atomic E-state index is 10.9. The van der Waals surface area contributed by atoms with Crippen molar-refractivity contribution in [3.8, 4) is 0 Å². The van der Waals surface area contributed by atoms with Crippen LogP contribution in [0.25, 0.3) is 0 Å². The number of anilines is 1. The summed E-state index contributed by atoms with van der Waals surface area (Å²) in [7, 11) is 0. The molecule has 3 heteroatoms. The molecular weight excluding hydrogens is 166 g/mol. The minimum Gasteiger partial charge on any atom is -0.398 e. The molecule has 3 nitrogen and oxygen atoms in total. The highest BCUT2D eigenvalue weighted by Gasteiger charge is 2.03. The molecule has 0 saturated carbocycles. The average molecular weight is 177 g/mol. The lowest BCUT2D eigenvalue weighted by molar-refractivity contribution is -0.107. The number of aldehydes is 1. The van der Waals surface area contributed by atoms with Gasteiger partial charge in [0, 0.05) is 17.7 Å². The van der Waals surface area contributed by atoms with Gasteiger partial charge in [-0.2, -0.15) is 0 Å². The van der Waals surface area contributed by atoms with Crippen molar-refractivity contribution in [2.24, 2.45) is 0 Å². The zero-order chi connectivity index (χ0) is 9.84. The van der Waals surface area contributed by atoms with Gasteiger partial charge < -0.3 is 10.5 Å². The fourth-order valence-electron chi connectivity index (χ4n) is 1.09. The van der Waals surface area contributed by atoms with Crippen LogP contribution in [0.15, 0.2) is 18.2 Å². The molecule has 0 heterocycles. The Balaban J connectivity index is 3.04. The van der Waals surface area contributed by atoms with Crippen LogP contribution in [-0.4, -0.2) is 12.1 Å². The highest BCUT2D eigenvalue weighted by atomic mass is 16.1. The molecule has 0 saturated heterocycles. The Morgan fingerprint density at radius 2 is 2.23 bits per heavy atom. The Morgan fingerprint density at radius 1 is 1.54 bits per heavy atom. The number of benzene rings is 1. The van der Waals surface area contributed by atoms with Gasteiger partial charge in [0.2, 0.25) is 0 Å². The topological polar surface area (TPSA) is 60.2 Å². The van der Waals surface area contributed by atoms with Crippen molar-refractivity contribution in [3.05, 3.63) is 29.3 Å².